The van der Waals surface area contributed by atoms with E-state index in [1.807, 2.05) is 18.2 Å². The average molecular weight is 326 g/mol. The maximum atomic E-state index is 4.88. The van der Waals surface area contributed by atoms with Crippen LogP contribution in [0.3, 0.4) is 0 Å². The van der Waals surface area contributed by atoms with E-state index < -0.39 is 0 Å². The van der Waals surface area contributed by atoms with E-state index in [0.29, 0.717) is 0 Å². The molecule has 3 nitrogen and oxygen atoms in total. The van der Waals surface area contributed by atoms with Gasteiger partial charge in [-0.25, -0.2) is 4.98 Å². The van der Waals surface area contributed by atoms with Crippen LogP contribution in [0.5, 0.6) is 0 Å². The van der Waals surface area contributed by atoms with Gasteiger partial charge in [0.05, 0.1) is 0 Å². The molecule has 25 heavy (non-hydrogen) atoms. The maximum Gasteiger partial charge on any atom is 0.237 e. The lowest BCUT2D eigenvalue weighted by atomic mass is 10.2. The molecule has 4 aromatic rings. The monoisotopic (exact) mass is 326 g/mol. The summed E-state index contributed by atoms with van der Waals surface area (Å²) in [6.45, 7) is 2.12. The fourth-order valence-electron chi connectivity index (χ4n) is 3.13. The van der Waals surface area contributed by atoms with Crippen LogP contribution < -0.4 is 9.47 Å². The van der Waals surface area contributed by atoms with Gasteiger partial charge in [0.15, 0.2) is 5.82 Å². The summed E-state index contributed by atoms with van der Waals surface area (Å²) < 4.78 is 2.20. The first-order chi connectivity index (χ1) is 12.2. The summed E-state index contributed by atoms with van der Waals surface area (Å²) in [5.74, 6) is 0.914. The fraction of sp³-hybridized carbons (Fsp3) is 0.0909. The average Bonchev–Trinajstić information content (AvgIpc) is 2.67. The molecule has 4 rings (SSSR count). The summed E-state index contributed by atoms with van der Waals surface area (Å²) in [6.07, 6.45) is 2.10. The van der Waals surface area contributed by atoms with E-state index in [-0.39, 0.29) is 0 Å². The highest BCUT2D eigenvalue weighted by atomic mass is 15.2. The van der Waals surface area contributed by atoms with E-state index >= 15 is 0 Å². The molecule has 1 heterocycles. The molecule has 0 aliphatic rings. The SMILES string of the molecule is Cc1ccccc1N(C)c1c[n+](-c2ccccc2)c2ccccc2n1. The first kappa shape index (κ1) is 15.3. The van der Waals surface area contributed by atoms with Crippen LogP contribution >= 0.6 is 0 Å². The molecule has 3 heteroatoms. The first-order valence-corrected chi connectivity index (χ1v) is 8.40. The number of aryl methyl sites for hydroxylation is 1. The Bertz CT molecular complexity index is 1030. The molecule has 0 aliphatic carbocycles. The molecule has 122 valence electrons. The van der Waals surface area contributed by atoms with Crippen LogP contribution in [0, 0.1) is 6.92 Å². The molecule has 0 aliphatic heterocycles. The van der Waals surface area contributed by atoms with Crippen molar-refractivity contribution in [3.05, 3.63) is 90.6 Å². The molecular formula is C22H20N3+. The summed E-state index contributed by atoms with van der Waals surface area (Å²) in [5, 5.41) is 0. The standard InChI is InChI=1S/C22H20N3/c1-17-10-6-8-14-20(17)24(2)22-16-25(18-11-4-3-5-12-18)21-15-9-7-13-19(21)23-22/h3-16H,1-2H3/q+1. The number of hydrogen-bond donors (Lipinski definition) is 0. The highest BCUT2D eigenvalue weighted by Gasteiger charge is 2.18. The van der Waals surface area contributed by atoms with Crippen LogP contribution in [0.4, 0.5) is 11.5 Å². The van der Waals surface area contributed by atoms with Gasteiger partial charge in [-0.3, -0.25) is 0 Å². The van der Waals surface area contributed by atoms with Crippen LogP contribution in [-0.2, 0) is 0 Å². The second-order valence-electron chi connectivity index (χ2n) is 6.14. The number of anilines is 2. The molecule has 0 radical (unpaired) electrons. The Balaban J connectivity index is 1.93. The van der Waals surface area contributed by atoms with E-state index in [9.17, 15) is 0 Å². The Kier molecular flexibility index (Phi) is 3.90. The Hall–Kier alpha value is -3.20. The number of hydrogen-bond acceptors (Lipinski definition) is 2. The first-order valence-electron chi connectivity index (χ1n) is 8.40. The number of aromatic nitrogens is 2. The predicted octanol–water partition coefficient (Wildman–Crippen LogP) is 4.59. The largest absolute Gasteiger partial charge is 0.324 e. The number of benzene rings is 3. The van der Waals surface area contributed by atoms with Crippen molar-refractivity contribution >= 4 is 22.5 Å². The van der Waals surface area contributed by atoms with Crippen LogP contribution in [0.15, 0.2) is 85.1 Å². The van der Waals surface area contributed by atoms with Gasteiger partial charge in [-0.15, -0.1) is 0 Å². The molecule has 3 aromatic carbocycles. The van der Waals surface area contributed by atoms with Gasteiger partial charge in [0.25, 0.3) is 0 Å². The van der Waals surface area contributed by atoms with Gasteiger partial charge < -0.3 is 4.90 Å². The molecular weight excluding hydrogens is 306 g/mol. The van der Waals surface area contributed by atoms with Gasteiger partial charge in [-0.2, -0.15) is 4.57 Å². The van der Waals surface area contributed by atoms with Crippen molar-refractivity contribution in [3.8, 4) is 5.69 Å². The zero-order valence-corrected chi connectivity index (χ0v) is 14.4. The molecule has 1 aromatic heterocycles. The molecule has 0 spiro atoms. The third-order valence-corrected chi connectivity index (χ3v) is 4.48. The molecule has 0 saturated heterocycles. The zero-order chi connectivity index (χ0) is 17.2. The Morgan fingerprint density at radius 1 is 0.800 bits per heavy atom. The fourth-order valence-corrected chi connectivity index (χ4v) is 3.13. The summed E-state index contributed by atoms with van der Waals surface area (Å²) in [7, 11) is 2.06. The summed E-state index contributed by atoms with van der Waals surface area (Å²) in [6, 6.07) is 27.0. The van der Waals surface area contributed by atoms with E-state index in [0.717, 1.165) is 28.2 Å². The van der Waals surface area contributed by atoms with Crippen molar-refractivity contribution in [3.63, 3.8) is 0 Å². The quantitative estimate of drug-likeness (QED) is 0.513. The minimum Gasteiger partial charge on any atom is -0.324 e. The molecule has 0 saturated carbocycles. The second kappa shape index (κ2) is 6.36. The lowest BCUT2D eigenvalue weighted by molar-refractivity contribution is -0.566. The molecule has 0 unspecified atom stereocenters. The molecule has 0 atom stereocenters. The Morgan fingerprint density at radius 2 is 1.48 bits per heavy atom. The van der Waals surface area contributed by atoms with Gasteiger partial charge in [0.1, 0.15) is 5.52 Å². The zero-order valence-electron chi connectivity index (χ0n) is 14.4. The summed E-state index contributed by atoms with van der Waals surface area (Å²) in [4.78, 5) is 7.02. The highest BCUT2D eigenvalue weighted by Crippen LogP contribution is 2.25. The van der Waals surface area contributed by atoms with Crippen molar-refractivity contribution in [2.75, 3.05) is 11.9 Å². The number of fused-ring (bicyclic) bond motifs is 1. The smallest absolute Gasteiger partial charge is 0.237 e. The lowest BCUT2D eigenvalue weighted by Gasteiger charge is -2.19. The molecule has 0 amide bonds. The van der Waals surface area contributed by atoms with Crippen molar-refractivity contribution in [2.24, 2.45) is 0 Å². The minimum atomic E-state index is 0.914. The molecule has 0 fully saturated rings. The number of para-hydroxylation sites is 4. The topological polar surface area (TPSA) is 20.0 Å². The second-order valence-corrected chi connectivity index (χ2v) is 6.14. The van der Waals surface area contributed by atoms with E-state index in [4.69, 9.17) is 4.98 Å². The van der Waals surface area contributed by atoms with Crippen LogP contribution in [0.1, 0.15) is 5.56 Å². The predicted molar refractivity (Wildman–Crippen MR) is 103 cm³/mol. The van der Waals surface area contributed by atoms with Gasteiger partial charge in [-0.05, 0) is 24.6 Å². The van der Waals surface area contributed by atoms with Crippen LogP contribution in [-0.4, -0.2) is 12.0 Å². The van der Waals surface area contributed by atoms with E-state index in [1.54, 1.807) is 0 Å². The molecule has 0 bridgehead atoms. The lowest BCUT2D eigenvalue weighted by Crippen LogP contribution is -2.33. The normalized spacial score (nSPS) is 10.8. The van der Waals surface area contributed by atoms with Gasteiger partial charge >= 0.3 is 0 Å². The Labute approximate surface area is 147 Å². The summed E-state index contributed by atoms with van der Waals surface area (Å²) in [5.41, 5.74) is 5.58. The van der Waals surface area contributed by atoms with Gasteiger partial charge in [0, 0.05) is 30.9 Å². The van der Waals surface area contributed by atoms with Crippen LogP contribution in [0.2, 0.25) is 0 Å². The maximum absolute atomic E-state index is 4.88. The number of rotatable bonds is 3. The van der Waals surface area contributed by atoms with E-state index in [2.05, 4.69) is 90.3 Å². The molecule has 0 N–H and O–H groups in total. The van der Waals surface area contributed by atoms with Crippen LogP contribution in [0.25, 0.3) is 16.7 Å². The third-order valence-electron chi connectivity index (χ3n) is 4.48. The summed E-state index contributed by atoms with van der Waals surface area (Å²) >= 11 is 0. The van der Waals surface area contributed by atoms with Crippen molar-refractivity contribution in [2.45, 2.75) is 6.92 Å². The highest BCUT2D eigenvalue weighted by molar-refractivity contribution is 5.74. The minimum absolute atomic E-state index is 0.914. The van der Waals surface area contributed by atoms with Crippen molar-refractivity contribution in [1.29, 1.82) is 0 Å². The van der Waals surface area contributed by atoms with Crippen molar-refractivity contribution < 1.29 is 4.57 Å². The third kappa shape index (κ3) is 2.85. The van der Waals surface area contributed by atoms with Crippen molar-refractivity contribution in [1.82, 2.24) is 4.98 Å². The van der Waals surface area contributed by atoms with E-state index in [1.165, 1.54) is 5.56 Å². The number of nitrogens with zero attached hydrogens (tertiary/aromatic N) is 3. The van der Waals surface area contributed by atoms with Gasteiger partial charge in [0.2, 0.25) is 17.4 Å². The Morgan fingerprint density at radius 3 is 2.28 bits per heavy atom. The van der Waals surface area contributed by atoms with Gasteiger partial charge in [-0.1, -0.05) is 48.5 Å².